The van der Waals surface area contributed by atoms with Crippen LogP contribution in [0.15, 0.2) is 24.3 Å². The van der Waals surface area contributed by atoms with Crippen molar-refractivity contribution in [3.63, 3.8) is 0 Å². The number of carbonyl (C=O) groups excluding carboxylic acids is 1. The molecule has 0 aromatic carbocycles. The fraction of sp³-hybridized carbons (Fsp3) is 0.875. The van der Waals surface area contributed by atoms with Crippen molar-refractivity contribution in [1.82, 2.24) is 0 Å². The van der Waals surface area contributed by atoms with E-state index < -0.39 is 18.0 Å². The summed E-state index contributed by atoms with van der Waals surface area (Å²) < 4.78 is 60.0. The van der Waals surface area contributed by atoms with Gasteiger partial charge in [-0.25, -0.2) is 0 Å². The van der Waals surface area contributed by atoms with Crippen molar-refractivity contribution in [2.75, 3.05) is 13.7 Å². The predicted octanol–water partition coefficient (Wildman–Crippen LogP) is 3.44. The minimum Gasteiger partial charge on any atom is -0.392 e. The number of hydrogen-bond acceptors (Lipinski definition) is 12. The van der Waals surface area contributed by atoms with Gasteiger partial charge in [-0.05, 0) is 62.0 Å². The molecule has 3 N–H and O–H groups in total. The van der Waals surface area contributed by atoms with Crippen LogP contribution in [0.1, 0.15) is 90.4 Å². The molecule has 10 saturated heterocycles. The summed E-state index contributed by atoms with van der Waals surface area (Å²) in [6.07, 6.45) is 4.85. The third kappa shape index (κ3) is 6.59. The van der Waals surface area contributed by atoms with Gasteiger partial charge in [-0.1, -0.05) is 20.1 Å². The molecule has 12 heteroatoms. The molecule has 290 valence electrons. The van der Waals surface area contributed by atoms with Crippen LogP contribution in [0.3, 0.4) is 0 Å². The molecule has 52 heavy (non-hydrogen) atoms. The van der Waals surface area contributed by atoms with Gasteiger partial charge in [0.1, 0.15) is 36.3 Å². The van der Waals surface area contributed by atoms with E-state index in [1.807, 2.05) is 0 Å². The van der Waals surface area contributed by atoms with Gasteiger partial charge in [-0.3, -0.25) is 4.79 Å². The average Bonchev–Trinajstić information content (AvgIpc) is 3.79. The van der Waals surface area contributed by atoms with Crippen molar-refractivity contribution in [3.05, 3.63) is 24.3 Å². The molecule has 0 aromatic rings. The number of aliphatic hydroxyl groups is 1. The Morgan fingerprint density at radius 2 is 1.56 bits per heavy atom. The topological polar surface area (TPSA) is 146 Å². The number of methoxy groups -OCH3 is 1. The summed E-state index contributed by atoms with van der Waals surface area (Å²) in [7, 11) is 1.66. The van der Waals surface area contributed by atoms with Gasteiger partial charge in [0.25, 0.3) is 0 Å². The van der Waals surface area contributed by atoms with Crippen LogP contribution in [0.4, 0.5) is 0 Å². The minimum absolute atomic E-state index is 0.0158. The van der Waals surface area contributed by atoms with E-state index >= 15 is 0 Å². The van der Waals surface area contributed by atoms with E-state index in [-0.39, 0.29) is 122 Å². The fourth-order valence-electron chi connectivity index (χ4n) is 11.3. The lowest BCUT2D eigenvalue weighted by Crippen LogP contribution is -2.61. The number of rotatable bonds is 4. The molecule has 10 aliphatic rings. The summed E-state index contributed by atoms with van der Waals surface area (Å²) >= 11 is 0. The highest BCUT2D eigenvalue weighted by atomic mass is 16.8. The van der Waals surface area contributed by atoms with Crippen LogP contribution in [-0.2, 0) is 47.4 Å². The second kappa shape index (κ2) is 14.3. The predicted molar refractivity (Wildman–Crippen MR) is 186 cm³/mol. The normalized spacial score (nSPS) is 52.4. The molecular weight excluding hydrogens is 670 g/mol. The van der Waals surface area contributed by atoms with E-state index in [2.05, 4.69) is 20.1 Å². The number of aliphatic hydroxyl groups excluding tert-OH is 1. The Balaban J connectivity index is 0.994. The quantitative estimate of drug-likeness (QED) is 0.409. The number of Topliss-reactive ketones (excluding diaryl/α,β-unsaturated/α-hetero) is 1. The Kier molecular flexibility index (Phi) is 10.0. The number of ketones is 1. The number of carbonyl (C=O) groups is 1. The first-order chi connectivity index (χ1) is 25.1. The molecule has 0 radical (unpaired) electrons. The van der Waals surface area contributed by atoms with Crippen molar-refractivity contribution in [2.45, 2.75) is 194 Å². The zero-order valence-electron chi connectivity index (χ0n) is 30.8. The van der Waals surface area contributed by atoms with Gasteiger partial charge < -0.3 is 53.5 Å². The van der Waals surface area contributed by atoms with Crippen molar-refractivity contribution in [1.29, 1.82) is 0 Å². The Hall–Kier alpha value is -1.29. The van der Waals surface area contributed by atoms with Crippen LogP contribution < -0.4 is 5.73 Å². The van der Waals surface area contributed by atoms with E-state index in [0.717, 1.165) is 56.1 Å². The maximum atomic E-state index is 14.1. The molecule has 10 heterocycles. The smallest absolute Gasteiger partial charge is 0.172 e. The van der Waals surface area contributed by atoms with Crippen molar-refractivity contribution in [2.24, 2.45) is 17.6 Å². The van der Waals surface area contributed by atoms with Gasteiger partial charge in [0.05, 0.1) is 67.1 Å². The molecular formula is C40H59NO11. The molecule has 10 fully saturated rings. The summed E-state index contributed by atoms with van der Waals surface area (Å²) in [5.41, 5.74) is 8.01. The molecule has 10 aliphatic heterocycles. The standard InChI is InChI=1S/C40H59NO11/c1-19-11-24-5-7-28-20(2)12-26(45-28)9-10-40-17-33-36(51-40)37-38(50-33)39(52-40)35-29(49-37)8-6-25(47-35)13-22(42)14-27-31(16-30(46-24)21(19)3)48-32(34(27)44-4)15-23(43)18-41/h19,23-39,43H,2-3,5-18,41H2,1,4H3/t19-,23?,24?,25?,26?,27?,28?,29?,30?,31+,32?,33-,34-,35+,36?,37+,38?,39+,40+/m1/s1. The summed E-state index contributed by atoms with van der Waals surface area (Å²) in [6.45, 7) is 11.3. The molecule has 0 amide bonds. The molecule has 0 aromatic heterocycles. The minimum atomic E-state index is -0.780. The largest absolute Gasteiger partial charge is 0.392 e. The Bertz CT molecular complexity index is 1380. The Morgan fingerprint density at radius 1 is 0.808 bits per heavy atom. The van der Waals surface area contributed by atoms with Gasteiger partial charge in [0, 0.05) is 58.1 Å². The Labute approximate surface area is 307 Å². The molecule has 12 bridgehead atoms. The molecule has 11 unspecified atom stereocenters. The number of fused-ring (bicyclic) bond motifs is 6. The SMILES string of the molecule is C=C1CC2CC[C@@]34C[C@H]5OC6[C@@H](OC7CCC(CC(=O)CC8[C@@H](OC)C(CC(O)CN)O[C@H]8CC8OC(CCC1O2)C[C@@H](C)C8=C)O[C@@H]7[C@@H]6O3)C5O4. The number of nitrogens with two attached hydrogens (primary N) is 1. The van der Waals surface area contributed by atoms with E-state index in [0.29, 0.717) is 25.7 Å². The summed E-state index contributed by atoms with van der Waals surface area (Å²) in [4.78, 5) is 14.1. The van der Waals surface area contributed by atoms with Crippen LogP contribution in [0.25, 0.3) is 0 Å². The second-order valence-corrected chi connectivity index (χ2v) is 17.4. The molecule has 12 nitrogen and oxygen atoms in total. The zero-order chi connectivity index (χ0) is 35.9. The van der Waals surface area contributed by atoms with E-state index in [1.54, 1.807) is 7.11 Å². The van der Waals surface area contributed by atoms with Gasteiger partial charge in [0.2, 0.25) is 0 Å². The zero-order valence-corrected chi connectivity index (χ0v) is 30.8. The van der Waals surface area contributed by atoms with Gasteiger partial charge in [-0.15, -0.1) is 0 Å². The van der Waals surface area contributed by atoms with Crippen molar-refractivity contribution < 1.29 is 52.5 Å². The lowest BCUT2D eigenvalue weighted by Gasteiger charge is -2.47. The monoisotopic (exact) mass is 729 g/mol. The highest BCUT2D eigenvalue weighted by Crippen LogP contribution is 2.54. The number of ether oxygens (including phenoxy) is 9. The first kappa shape index (κ1) is 36.4. The summed E-state index contributed by atoms with van der Waals surface area (Å²) in [5.74, 6) is -0.619. The van der Waals surface area contributed by atoms with E-state index in [9.17, 15) is 9.90 Å². The van der Waals surface area contributed by atoms with Crippen molar-refractivity contribution >= 4 is 5.78 Å². The third-order valence-corrected chi connectivity index (χ3v) is 14.0. The lowest BCUT2D eigenvalue weighted by molar-refractivity contribution is -0.292. The van der Waals surface area contributed by atoms with Crippen molar-refractivity contribution in [3.8, 4) is 0 Å². The van der Waals surface area contributed by atoms with E-state index in [1.165, 1.54) is 0 Å². The molecule has 0 saturated carbocycles. The first-order valence-electron chi connectivity index (χ1n) is 20.2. The highest BCUT2D eigenvalue weighted by molar-refractivity contribution is 5.79. The maximum absolute atomic E-state index is 14.1. The lowest BCUT2D eigenvalue weighted by atomic mass is 9.81. The maximum Gasteiger partial charge on any atom is 0.172 e. The molecule has 0 aliphatic carbocycles. The van der Waals surface area contributed by atoms with Crippen LogP contribution in [0, 0.1) is 11.8 Å². The summed E-state index contributed by atoms with van der Waals surface area (Å²) in [6, 6.07) is 0. The molecule has 10 rings (SSSR count). The van der Waals surface area contributed by atoms with Gasteiger partial charge in [-0.2, -0.15) is 0 Å². The molecule has 1 spiro atoms. The third-order valence-electron chi connectivity index (χ3n) is 14.0. The van der Waals surface area contributed by atoms with Gasteiger partial charge in [0.15, 0.2) is 5.79 Å². The average molecular weight is 730 g/mol. The highest BCUT2D eigenvalue weighted by Gasteiger charge is 2.68. The first-order valence-corrected chi connectivity index (χ1v) is 20.2. The molecule has 19 atom stereocenters. The van der Waals surface area contributed by atoms with Crippen LogP contribution in [-0.4, -0.2) is 128 Å². The summed E-state index contributed by atoms with van der Waals surface area (Å²) in [5, 5.41) is 10.5. The fourth-order valence-corrected chi connectivity index (χ4v) is 11.3. The Morgan fingerprint density at radius 3 is 2.38 bits per heavy atom. The van der Waals surface area contributed by atoms with E-state index in [4.69, 9.17) is 48.4 Å². The second-order valence-electron chi connectivity index (χ2n) is 17.4. The van der Waals surface area contributed by atoms with Gasteiger partial charge >= 0.3 is 0 Å². The van der Waals surface area contributed by atoms with Crippen LogP contribution in [0.5, 0.6) is 0 Å². The van der Waals surface area contributed by atoms with Crippen LogP contribution in [0.2, 0.25) is 0 Å². The number of hydrogen-bond donors (Lipinski definition) is 2. The van der Waals surface area contributed by atoms with Crippen LogP contribution >= 0.6 is 0 Å².